The van der Waals surface area contributed by atoms with Crippen LogP contribution in [-0.2, 0) is 6.42 Å². The molecule has 1 atom stereocenters. The van der Waals surface area contributed by atoms with Crippen molar-refractivity contribution in [3.05, 3.63) is 43.6 Å². The Hall–Kier alpha value is -1.93. The summed E-state index contributed by atoms with van der Waals surface area (Å²) < 4.78 is 1.51. The van der Waals surface area contributed by atoms with E-state index in [1.807, 2.05) is 6.92 Å². The van der Waals surface area contributed by atoms with E-state index in [4.69, 9.17) is 0 Å². The Labute approximate surface area is 129 Å². The minimum atomic E-state index is -0.392. The molecule has 0 fully saturated rings. The van der Waals surface area contributed by atoms with Gasteiger partial charge in [0.25, 0.3) is 4.96 Å². The lowest BCUT2D eigenvalue weighted by Crippen LogP contribution is -2.18. The lowest BCUT2D eigenvalue weighted by atomic mass is 10.2. The summed E-state index contributed by atoms with van der Waals surface area (Å²) in [7, 11) is 0. The van der Waals surface area contributed by atoms with Crippen molar-refractivity contribution in [2.75, 3.05) is 5.32 Å². The molecule has 0 amide bonds. The van der Waals surface area contributed by atoms with E-state index in [1.54, 1.807) is 22.9 Å². The van der Waals surface area contributed by atoms with Crippen LogP contribution in [0.3, 0.4) is 0 Å². The monoisotopic (exact) mass is 322 g/mol. The van der Waals surface area contributed by atoms with E-state index < -0.39 is 4.92 Å². The molecule has 21 heavy (non-hydrogen) atoms. The number of rotatable bonds is 5. The van der Waals surface area contributed by atoms with Gasteiger partial charge in [0.2, 0.25) is 5.82 Å². The highest BCUT2D eigenvalue weighted by atomic mass is 32.1. The van der Waals surface area contributed by atoms with Crippen LogP contribution in [-0.4, -0.2) is 20.3 Å². The van der Waals surface area contributed by atoms with Crippen LogP contribution >= 0.6 is 22.7 Å². The number of aryl methyl sites for hydroxylation is 1. The second kappa shape index (κ2) is 5.45. The van der Waals surface area contributed by atoms with Crippen molar-refractivity contribution in [3.8, 4) is 0 Å². The number of anilines is 1. The van der Waals surface area contributed by atoms with Crippen LogP contribution < -0.4 is 5.32 Å². The van der Waals surface area contributed by atoms with Gasteiger partial charge in [0.1, 0.15) is 6.20 Å². The van der Waals surface area contributed by atoms with Crippen molar-refractivity contribution in [1.82, 2.24) is 9.38 Å². The molecule has 3 rings (SSSR count). The van der Waals surface area contributed by atoms with Gasteiger partial charge in [0, 0.05) is 27.6 Å². The van der Waals surface area contributed by atoms with Gasteiger partial charge in [0.05, 0.1) is 0 Å². The van der Waals surface area contributed by atoms with E-state index in [0.29, 0.717) is 10.8 Å². The summed E-state index contributed by atoms with van der Waals surface area (Å²) >= 11 is 3.13. The number of thiazole rings is 1. The molecule has 3 heterocycles. The van der Waals surface area contributed by atoms with Crippen LogP contribution in [0.5, 0.6) is 0 Å². The summed E-state index contributed by atoms with van der Waals surface area (Å²) in [4.78, 5) is 18.3. The second-order valence-corrected chi connectivity index (χ2v) is 7.10. The molecule has 0 aliphatic carbocycles. The molecule has 8 heteroatoms. The molecule has 0 saturated carbocycles. The summed E-state index contributed by atoms with van der Waals surface area (Å²) in [5.41, 5.74) is 0. The molecule has 6 nitrogen and oxygen atoms in total. The molecule has 0 radical (unpaired) electrons. The van der Waals surface area contributed by atoms with Crippen LogP contribution in [0.2, 0.25) is 0 Å². The van der Waals surface area contributed by atoms with Crippen LogP contribution in [0.15, 0.2) is 23.7 Å². The third-order valence-corrected chi connectivity index (χ3v) is 4.88. The molecule has 3 aromatic heterocycles. The Morgan fingerprint density at radius 3 is 3.00 bits per heavy atom. The number of nitrogens with one attached hydrogen (secondary N) is 1. The zero-order valence-corrected chi connectivity index (χ0v) is 13.2. The van der Waals surface area contributed by atoms with Gasteiger partial charge in [-0.3, -0.25) is 0 Å². The zero-order chi connectivity index (χ0) is 15.0. The van der Waals surface area contributed by atoms with Crippen LogP contribution in [0.25, 0.3) is 4.96 Å². The van der Waals surface area contributed by atoms with E-state index in [-0.39, 0.29) is 11.9 Å². The van der Waals surface area contributed by atoms with Crippen LogP contribution in [0.4, 0.5) is 11.6 Å². The van der Waals surface area contributed by atoms with Gasteiger partial charge in [-0.05, 0) is 30.9 Å². The van der Waals surface area contributed by atoms with Crippen molar-refractivity contribution >= 4 is 39.3 Å². The van der Waals surface area contributed by atoms with E-state index in [2.05, 4.69) is 29.4 Å². The molecule has 0 aliphatic heterocycles. The Balaban J connectivity index is 1.82. The number of hydrogen-bond acceptors (Lipinski definition) is 6. The summed E-state index contributed by atoms with van der Waals surface area (Å²) in [6.07, 6.45) is 2.49. The van der Waals surface area contributed by atoms with E-state index in [1.165, 1.54) is 25.5 Å². The molecule has 0 spiro atoms. The van der Waals surface area contributed by atoms with Gasteiger partial charge in [-0.2, -0.15) is 9.38 Å². The molecule has 0 bridgehead atoms. The molecular formula is C13H14N4O2S2. The largest absolute Gasteiger partial charge is 0.372 e. The third kappa shape index (κ3) is 2.77. The predicted molar refractivity (Wildman–Crippen MR) is 85.6 cm³/mol. The fraction of sp³-hybridized carbons (Fsp3) is 0.308. The minimum Gasteiger partial charge on any atom is -0.360 e. The lowest BCUT2D eigenvalue weighted by Gasteiger charge is -2.11. The number of fused-ring (bicyclic) bond motifs is 1. The minimum absolute atomic E-state index is 0.000426. The topological polar surface area (TPSA) is 72.5 Å². The number of aromatic nitrogens is 2. The molecular weight excluding hydrogens is 308 g/mol. The summed E-state index contributed by atoms with van der Waals surface area (Å²) in [5.74, 6) is 0.341. The Kier molecular flexibility index (Phi) is 3.64. The molecule has 0 aromatic carbocycles. The highest BCUT2D eigenvalue weighted by molar-refractivity contribution is 7.15. The second-order valence-electron chi connectivity index (χ2n) is 4.86. The first kappa shape index (κ1) is 14.0. The van der Waals surface area contributed by atoms with Crippen molar-refractivity contribution in [2.45, 2.75) is 26.3 Å². The van der Waals surface area contributed by atoms with E-state index in [0.717, 1.165) is 6.42 Å². The van der Waals surface area contributed by atoms with Gasteiger partial charge in [-0.1, -0.05) is 11.3 Å². The average molecular weight is 322 g/mol. The molecule has 110 valence electrons. The summed E-state index contributed by atoms with van der Waals surface area (Å²) in [6.45, 7) is 4.08. The maximum atomic E-state index is 11.2. The van der Waals surface area contributed by atoms with Gasteiger partial charge in [-0.15, -0.1) is 11.3 Å². The maximum Gasteiger partial charge on any atom is 0.372 e. The van der Waals surface area contributed by atoms with Crippen molar-refractivity contribution in [3.63, 3.8) is 0 Å². The smallest absolute Gasteiger partial charge is 0.360 e. The predicted octanol–water partition coefficient (Wildman–Crippen LogP) is 3.72. The molecule has 1 unspecified atom stereocenters. The van der Waals surface area contributed by atoms with Crippen LogP contribution in [0.1, 0.15) is 16.7 Å². The average Bonchev–Trinajstić information content (AvgIpc) is 3.04. The first-order valence-corrected chi connectivity index (χ1v) is 8.16. The Morgan fingerprint density at radius 2 is 2.33 bits per heavy atom. The van der Waals surface area contributed by atoms with Crippen molar-refractivity contribution < 1.29 is 4.92 Å². The normalized spacial score (nSPS) is 12.7. The first-order valence-electron chi connectivity index (χ1n) is 6.46. The molecule has 0 aliphatic rings. The SMILES string of the molecule is Cc1ccc(CC(C)Nc2nc3sccn3c2[N+](=O)[O-])s1. The van der Waals surface area contributed by atoms with Crippen molar-refractivity contribution in [1.29, 1.82) is 0 Å². The van der Waals surface area contributed by atoms with Gasteiger partial charge in [-0.25, -0.2) is 0 Å². The number of imidazole rings is 1. The van der Waals surface area contributed by atoms with Gasteiger partial charge < -0.3 is 15.4 Å². The molecule has 3 aromatic rings. The van der Waals surface area contributed by atoms with Crippen LogP contribution in [0, 0.1) is 17.0 Å². The molecule has 0 saturated heterocycles. The lowest BCUT2D eigenvalue weighted by molar-refractivity contribution is -0.389. The number of hydrogen-bond donors (Lipinski definition) is 1. The van der Waals surface area contributed by atoms with E-state index >= 15 is 0 Å². The maximum absolute atomic E-state index is 11.2. The summed E-state index contributed by atoms with van der Waals surface area (Å²) in [5, 5.41) is 16.2. The quantitative estimate of drug-likeness (QED) is 0.574. The highest BCUT2D eigenvalue weighted by Gasteiger charge is 2.24. The standard InChI is InChI=1S/C13H14N4O2S2/c1-8(7-10-4-3-9(2)21-10)14-11-12(17(18)19)16-5-6-20-13(16)15-11/h3-6,8,14H,7H2,1-2H3. The number of nitrogens with zero attached hydrogens (tertiary/aromatic N) is 3. The number of nitro groups is 1. The fourth-order valence-electron chi connectivity index (χ4n) is 2.23. The summed E-state index contributed by atoms with van der Waals surface area (Å²) in [6, 6.07) is 4.26. The van der Waals surface area contributed by atoms with Crippen molar-refractivity contribution in [2.24, 2.45) is 0 Å². The van der Waals surface area contributed by atoms with Gasteiger partial charge in [0.15, 0.2) is 0 Å². The fourth-order valence-corrected chi connectivity index (χ4v) is 3.95. The number of thiophene rings is 1. The molecule has 1 N–H and O–H groups in total. The Morgan fingerprint density at radius 1 is 1.52 bits per heavy atom. The Bertz CT molecular complexity index is 789. The van der Waals surface area contributed by atoms with Gasteiger partial charge >= 0.3 is 5.82 Å². The zero-order valence-electron chi connectivity index (χ0n) is 11.6. The highest BCUT2D eigenvalue weighted by Crippen LogP contribution is 2.29. The first-order chi connectivity index (χ1) is 10.0. The van der Waals surface area contributed by atoms with E-state index in [9.17, 15) is 10.1 Å². The third-order valence-electron chi connectivity index (χ3n) is 3.10.